The van der Waals surface area contributed by atoms with Gasteiger partial charge in [0, 0.05) is 26.9 Å². The number of aryl methyl sites for hydroxylation is 1. The van der Waals surface area contributed by atoms with E-state index < -0.39 is 6.10 Å². The molecule has 2 nitrogen and oxygen atoms in total. The third kappa shape index (κ3) is 2.74. The summed E-state index contributed by atoms with van der Waals surface area (Å²) in [6.07, 6.45) is -0.518. The van der Waals surface area contributed by atoms with Gasteiger partial charge in [-0.15, -0.1) is 0 Å². The normalized spacial score (nSPS) is 28.7. The van der Waals surface area contributed by atoms with E-state index in [1.165, 1.54) is 5.56 Å². The molecule has 0 spiro atoms. The lowest BCUT2D eigenvalue weighted by atomic mass is 10.1. The minimum atomic E-state index is -0.518. The van der Waals surface area contributed by atoms with E-state index in [2.05, 4.69) is 26.8 Å². The van der Waals surface area contributed by atoms with Crippen molar-refractivity contribution < 1.29 is 9.52 Å². The number of rotatable bonds is 2. The highest BCUT2D eigenvalue weighted by Gasteiger charge is 2.32. The summed E-state index contributed by atoms with van der Waals surface area (Å²) in [6.45, 7) is 6.57. The van der Waals surface area contributed by atoms with E-state index in [0.29, 0.717) is 16.3 Å². The van der Waals surface area contributed by atoms with E-state index in [1.807, 2.05) is 41.7 Å². The average Bonchev–Trinajstić information content (AvgIpc) is 2.84. The molecule has 0 amide bonds. The Balaban J connectivity index is 1.83. The van der Waals surface area contributed by atoms with Crippen molar-refractivity contribution in [2.75, 3.05) is 5.75 Å². The average molecular weight is 308 g/mol. The number of thioether (sulfide) groups is 2. The van der Waals surface area contributed by atoms with E-state index in [1.54, 1.807) is 0 Å². The highest BCUT2D eigenvalue weighted by Crippen LogP contribution is 2.41. The molecule has 1 saturated heterocycles. The smallest absolute Gasteiger partial charge is 0.134 e. The van der Waals surface area contributed by atoms with Crippen molar-refractivity contribution in [3.05, 3.63) is 35.6 Å². The van der Waals surface area contributed by atoms with Crippen LogP contribution in [0.25, 0.3) is 11.0 Å². The summed E-state index contributed by atoms with van der Waals surface area (Å²) < 4.78 is 5.83. The maximum atomic E-state index is 10.6. The molecular weight excluding hydrogens is 288 g/mol. The predicted octanol–water partition coefficient (Wildman–Crippen LogP) is 4.40. The number of furan rings is 1. The van der Waals surface area contributed by atoms with Gasteiger partial charge in [-0.25, -0.2) is 0 Å². The van der Waals surface area contributed by atoms with Crippen LogP contribution in [0.2, 0.25) is 0 Å². The Hall–Kier alpha value is -0.580. The van der Waals surface area contributed by atoms with Crippen molar-refractivity contribution in [2.24, 2.45) is 0 Å². The van der Waals surface area contributed by atoms with Gasteiger partial charge in [0.2, 0.25) is 0 Å². The van der Waals surface area contributed by atoms with Gasteiger partial charge in [0.1, 0.15) is 17.4 Å². The van der Waals surface area contributed by atoms with Crippen molar-refractivity contribution in [1.29, 1.82) is 0 Å². The molecule has 2 heterocycles. The quantitative estimate of drug-likeness (QED) is 0.891. The molecule has 1 aliphatic heterocycles. The molecule has 0 radical (unpaired) electrons. The fourth-order valence-corrected chi connectivity index (χ4v) is 5.47. The lowest BCUT2D eigenvalue weighted by Crippen LogP contribution is -2.30. The highest BCUT2D eigenvalue weighted by molar-refractivity contribution is 8.07. The van der Waals surface area contributed by atoms with Crippen LogP contribution in [-0.2, 0) is 0 Å². The van der Waals surface area contributed by atoms with Crippen molar-refractivity contribution in [1.82, 2.24) is 0 Å². The minimum absolute atomic E-state index is 0.216. The Morgan fingerprint density at radius 1 is 1.25 bits per heavy atom. The Morgan fingerprint density at radius 2 is 2.05 bits per heavy atom. The Bertz CT molecular complexity index is 608. The Kier molecular flexibility index (Phi) is 4.07. The van der Waals surface area contributed by atoms with Gasteiger partial charge < -0.3 is 9.52 Å². The van der Waals surface area contributed by atoms with Gasteiger partial charge in [0.15, 0.2) is 0 Å². The third-order valence-electron chi connectivity index (χ3n) is 3.91. The van der Waals surface area contributed by atoms with Crippen molar-refractivity contribution >= 4 is 34.5 Å². The van der Waals surface area contributed by atoms with Crippen molar-refractivity contribution in [3.8, 4) is 0 Å². The van der Waals surface area contributed by atoms with Gasteiger partial charge in [0.05, 0.1) is 0 Å². The third-order valence-corrected chi connectivity index (χ3v) is 7.39. The van der Waals surface area contributed by atoms with Crippen LogP contribution in [0, 0.1) is 6.92 Å². The molecule has 1 fully saturated rings. The lowest BCUT2D eigenvalue weighted by Gasteiger charge is -2.33. The van der Waals surface area contributed by atoms with Gasteiger partial charge in [-0.3, -0.25) is 0 Å². The molecule has 0 aliphatic carbocycles. The van der Waals surface area contributed by atoms with E-state index in [9.17, 15) is 5.11 Å². The summed E-state index contributed by atoms with van der Waals surface area (Å²) in [6, 6.07) is 8.11. The largest absolute Gasteiger partial charge is 0.458 e. The second kappa shape index (κ2) is 5.66. The molecule has 4 atom stereocenters. The van der Waals surface area contributed by atoms with Crippen LogP contribution >= 0.6 is 23.5 Å². The minimum Gasteiger partial charge on any atom is -0.458 e. The van der Waals surface area contributed by atoms with Gasteiger partial charge in [-0.1, -0.05) is 25.5 Å². The number of aliphatic hydroxyl groups excluding tert-OH is 1. The van der Waals surface area contributed by atoms with Gasteiger partial charge >= 0.3 is 0 Å². The predicted molar refractivity (Wildman–Crippen MR) is 88.7 cm³/mol. The molecule has 2 aromatic rings. The first kappa shape index (κ1) is 14.4. The van der Waals surface area contributed by atoms with Crippen LogP contribution in [-0.4, -0.2) is 26.6 Å². The Morgan fingerprint density at radius 3 is 2.80 bits per heavy atom. The number of fused-ring (bicyclic) bond motifs is 1. The first-order valence-corrected chi connectivity index (χ1v) is 8.99. The van der Waals surface area contributed by atoms with E-state index >= 15 is 0 Å². The molecule has 3 rings (SSSR count). The van der Waals surface area contributed by atoms with E-state index in [0.717, 1.165) is 16.7 Å². The van der Waals surface area contributed by atoms with Crippen LogP contribution in [0.3, 0.4) is 0 Å². The van der Waals surface area contributed by atoms with Gasteiger partial charge in [-0.2, -0.15) is 23.5 Å². The maximum absolute atomic E-state index is 10.6. The SMILES string of the molecule is Cc1ccc2oc(C(O)C3CSC(C)C(C)S3)cc2c1. The zero-order chi connectivity index (χ0) is 14.3. The number of aliphatic hydroxyl groups is 1. The summed E-state index contributed by atoms with van der Waals surface area (Å²) in [5.74, 6) is 1.68. The second-order valence-corrected chi connectivity index (χ2v) is 8.58. The first-order chi connectivity index (χ1) is 9.54. The maximum Gasteiger partial charge on any atom is 0.134 e. The molecule has 0 saturated carbocycles. The molecular formula is C16H20O2S2. The summed E-state index contributed by atoms with van der Waals surface area (Å²) >= 11 is 3.82. The van der Waals surface area contributed by atoms with Crippen LogP contribution in [0.15, 0.2) is 28.7 Å². The molecule has 20 heavy (non-hydrogen) atoms. The second-order valence-electron chi connectivity index (χ2n) is 5.55. The van der Waals surface area contributed by atoms with Crippen LogP contribution in [0.4, 0.5) is 0 Å². The fourth-order valence-electron chi connectivity index (χ4n) is 2.49. The zero-order valence-electron chi connectivity index (χ0n) is 12.0. The first-order valence-electron chi connectivity index (χ1n) is 7.00. The molecule has 4 unspecified atom stereocenters. The topological polar surface area (TPSA) is 33.4 Å². The number of hydrogen-bond donors (Lipinski definition) is 1. The summed E-state index contributed by atoms with van der Waals surface area (Å²) in [4.78, 5) is 0. The molecule has 0 bridgehead atoms. The number of benzene rings is 1. The molecule has 1 N–H and O–H groups in total. The van der Waals surface area contributed by atoms with E-state index in [4.69, 9.17) is 4.42 Å². The van der Waals surface area contributed by atoms with Crippen molar-refractivity contribution in [3.63, 3.8) is 0 Å². The summed E-state index contributed by atoms with van der Waals surface area (Å²) in [5, 5.41) is 13.1. The lowest BCUT2D eigenvalue weighted by molar-refractivity contribution is 0.154. The van der Waals surface area contributed by atoms with E-state index in [-0.39, 0.29) is 5.25 Å². The van der Waals surface area contributed by atoms with Crippen LogP contribution < -0.4 is 0 Å². The fraction of sp³-hybridized carbons (Fsp3) is 0.500. The Labute approximate surface area is 128 Å². The monoisotopic (exact) mass is 308 g/mol. The molecule has 1 aliphatic rings. The highest BCUT2D eigenvalue weighted by atomic mass is 32.2. The summed E-state index contributed by atoms with van der Waals surface area (Å²) in [5.41, 5.74) is 2.07. The summed E-state index contributed by atoms with van der Waals surface area (Å²) in [7, 11) is 0. The van der Waals surface area contributed by atoms with Gasteiger partial charge in [0.25, 0.3) is 0 Å². The molecule has 4 heteroatoms. The van der Waals surface area contributed by atoms with Crippen LogP contribution in [0.1, 0.15) is 31.3 Å². The molecule has 1 aromatic carbocycles. The zero-order valence-corrected chi connectivity index (χ0v) is 13.6. The molecule has 108 valence electrons. The standard InChI is InChI=1S/C16H20O2S2/c1-9-4-5-13-12(6-9)7-14(18-13)16(17)15-8-19-10(2)11(3)20-15/h4-7,10-11,15-17H,8H2,1-3H3. The molecule has 1 aromatic heterocycles. The van der Waals surface area contributed by atoms with Crippen LogP contribution in [0.5, 0.6) is 0 Å². The van der Waals surface area contributed by atoms with Gasteiger partial charge in [-0.05, 0) is 25.1 Å². The number of hydrogen-bond acceptors (Lipinski definition) is 4. The van der Waals surface area contributed by atoms with Crippen molar-refractivity contribution in [2.45, 2.75) is 42.6 Å².